The molecule has 0 unspecified atom stereocenters. The van der Waals surface area contributed by atoms with E-state index >= 15 is 0 Å². The molecule has 2 N–H and O–H groups in total. The van der Waals surface area contributed by atoms with Crippen LogP contribution in [-0.4, -0.2) is 48.9 Å². The molecule has 0 spiro atoms. The number of halogens is 3. The minimum atomic E-state index is -4.76. The Balaban J connectivity index is 1.27. The van der Waals surface area contributed by atoms with Crippen molar-refractivity contribution in [2.24, 2.45) is 5.92 Å². The first-order valence-corrected chi connectivity index (χ1v) is 11.5. The van der Waals surface area contributed by atoms with Crippen molar-refractivity contribution >= 4 is 28.6 Å². The summed E-state index contributed by atoms with van der Waals surface area (Å²) in [5.41, 5.74) is 1.18. The van der Waals surface area contributed by atoms with Crippen LogP contribution in [0.4, 0.5) is 24.9 Å². The number of ether oxygens (including phenoxy) is 1. The molecule has 1 heterocycles. The van der Waals surface area contributed by atoms with Crippen molar-refractivity contribution < 1.29 is 22.7 Å². The van der Waals surface area contributed by atoms with Gasteiger partial charge in [-0.3, -0.25) is 4.79 Å². The summed E-state index contributed by atoms with van der Waals surface area (Å²) in [6, 6.07) is 13.1. The van der Waals surface area contributed by atoms with E-state index in [1.54, 1.807) is 0 Å². The second-order valence-corrected chi connectivity index (χ2v) is 8.93. The SMILES string of the molecule is CN(C)c1nc(NC2CCC(CNC(=O)c3ccc(OC(F)(F)F)cc3)CC2)nc2ccccc12. The first-order chi connectivity index (χ1) is 16.7. The lowest BCUT2D eigenvalue weighted by atomic mass is 9.86. The lowest BCUT2D eigenvalue weighted by Crippen LogP contribution is -2.34. The van der Waals surface area contributed by atoms with Gasteiger partial charge in [-0.25, -0.2) is 4.98 Å². The lowest BCUT2D eigenvalue weighted by molar-refractivity contribution is -0.274. The summed E-state index contributed by atoms with van der Waals surface area (Å²) < 4.78 is 40.7. The predicted molar refractivity (Wildman–Crippen MR) is 129 cm³/mol. The number of alkyl halides is 3. The van der Waals surface area contributed by atoms with Gasteiger partial charge in [0.15, 0.2) is 0 Å². The predicted octanol–water partition coefficient (Wildman–Crippen LogP) is 5.00. The smallest absolute Gasteiger partial charge is 0.406 e. The number of para-hydroxylation sites is 1. The third-order valence-electron chi connectivity index (χ3n) is 6.09. The largest absolute Gasteiger partial charge is 0.573 e. The molecule has 186 valence electrons. The number of aromatic nitrogens is 2. The fourth-order valence-corrected chi connectivity index (χ4v) is 4.31. The summed E-state index contributed by atoms with van der Waals surface area (Å²) in [6.45, 7) is 0.517. The molecule has 0 radical (unpaired) electrons. The van der Waals surface area contributed by atoms with Gasteiger partial charge in [-0.1, -0.05) is 12.1 Å². The van der Waals surface area contributed by atoms with Crippen LogP contribution in [0.15, 0.2) is 48.5 Å². The third kappa shape index (κ3) is 6.52. The normalized spacial score (nSPS) is 18.2. The summed E-state index contributed by atoms with van der Waals surface area (Å²) in [5, 5.41) is 7.37. The van der Waals surface area contributed by atoms with Gasteiger partial charge < -0.3 is 20.3 Å². The van der Waals surface area contributed by atoms with Crippen molar-refractivity contribution in [2.75, 3.05) is 30.9 Å². The van der Waals surface area contributed by atoms with Crippen molar-refractivity contribution in [2.45, 2.75) is 38.1 Å². The molecule has 0 bridgehead atoms. The van der Waals surface area contributed by atoms with Gasteiger partial charge in [-0.15, -0.1) is 13.2 Å². The lowest BCUT2D eigenvalue weighted by Gasteiger charge is -2.29. The number of hydrogen-bond donors (Lipinski definition) is 2. The number of rotatable bonds is 7. The average molecular weight is 488 g/mol. The summed E-state index contributed by atoms with van der Waals surface area (Å²) in [6.07, 6.45) is -1.03. The van der Waals surface area contributed by atoms with E-state index in [-0.39, 0.29) is 17.7 Å². The molecule has 1 saturated carbocycles. The molecule has 7 nitrogen and oxygen atoms in total. The molecule has 0 aliphatic heterocycles. The molecule has 2 aromatic carbocycles. The van der Waals surface area contributed by atoms with Gasteiger partial charge in [-0.2, -0.15) is 4.98 Å². The highest BCUT2D eigenvalue weighted by Gasteiger charge is 2.31. The van der Waals surface area contributed by atoms with Crippen LogP contribution in [0, 0.1) is 5.92 Å². The Morgan fingerprint density at radius 1 is 1.03 bits per heavy atom. The Morgan fingerprint density at radius 2 is 1.71 bits per heavy atom. The summed E-state index contributed by atoms with van der Waals surface area (Å²) >= 11 is 0. The van der Waals surface area contributed by atoms with E-state index in [0.717, 1.165) is 54.5 Å². The molecular weight excluding hydrogens is 459 g/mol. The van der Waals surface area contributed by atoms with Crippen molar-refractivity contribution in [3.8, 4) is 5.75 Å². The van der Waals surface area contributed by atoms with Crippen LogP contribution in [0.3, 0.4) is 0 Å². The van der Waals surface area contributed by atoms with Gasteiger partial charge in [0, 0.05) is 37.6 Å². The molecular formula is C25H28F3N5O2. The zero-order valence-corrected chi connectivity index (χ0v) is 19.6. The molecule has 10 heteroatoms. The highest BCUT2D eigenvalue weighted by atomic mass is 19.4. The van der Waals surface area contributed by atoms with Crippen LogP contribution >= 0.6 is 0 Å². The number of benzene rings is 2. The summed E-state index contributed by atoms with van der Waals surface area (Å²) in [7, 11) is 3.92. The molecule has 1 aliphatic rings. The minimum Gasteiger partial charge on any atom is -0.406 e. The molecule has 1 fully saturated rings. The monoisotopic (exact) mass is 487 g/mol. The minimum absolute atomic E-state index is 0.249. The number of hydrogen-bond acceptors (Lipinski definition) is 6. The molecule has 1 aliphatic carbocycles. The quantitative estimate of drug-likeness (QED) is 0.489. The average Bonchev–Trinajstić information content (AvgIpc) is 2.82. The van der Waals surface area contributed by atoms with E-state index in [4.69, 9.17) is 4.98 Å². The van der Waals surface area contributed by atoms with E-state index in [0.29, 0.717) is 24.0 Å². The first kappa shape index (κ1) is 24.6. The van der Waals surface area contributed by atoms with Gasteiger partial charge in [0.2, 0.25) is 5.95 Å². The zero-order chi connectivity index (χ0) is 25.0. The first-order valence-electron chi connectivity index (χ1n) is 11.5. The van der Waals surface area contributed by atoms with Gasteiger partial charge >= 0.3 is 6.36 Å². The number of nitrogens with one attached hydrogen (secondary N) is 2. The number of anilines is 2. The van der Waals surface area contributed by atoms with Crippen LogP contribution in [0.25, 0.3) is 10.9 Å². The van der Waals surface area contributed by atoms with Crippen LogP contribution < -0.4 is 20.3 Å². The van der Waals surface area contributed by atoms with Crippen molar-refractivity contribution in [3.63, 3.8) is 0 Å². The molecule has 0 saturated heterocycles. The number of amides is 1. The van der Waals surface area contributed by atoms with Crippen LogP contribution in [0.2, 0.25) is 0 Å². The van der Waals surface area contributed by atoms with Crippen LogP contribution in [0.1, 0.15) is 36.0 Å². The van der Waals surface area contributed by atoms with Crippen molar-refractivity contribution in [1.29, 1.82) is 0 Å². The number of carbonyl (C=O) groups is 1. The van der Waals surface area contributed by atoms with Crippen molar-refractivity contribution in [3.05, 3.63) is 54.1 Å². The third-order valence-corrected chi connectivity index (χ3v) is 6.09. The molecule has 3 aromatic rings. The highest BCUT2D eigenvalue weighted by Crippen LogP contribution is 2.28. The van der Waals surface area contributed by atoms with Gasteiger partial charge in [0.1, 0.15) is 11.6 Å². The topological polar surface area (TPSA) is 79.4 Å². The highest BCUT2D eigenvalue weighted by molar-refractivity contribution is 5.94. The fraction of sp³-hybridized carbons (Fsp3) is 0.400. The van der Waals surface area contributed by atoms with Gasteiger partial charge in [0.25, 0.3) is 5.91 Å². The Hall–Kier alpha value is -3.56. The Morgan fingerprint density at radius 3 is 2.37 bits per heavy atom. The molecule has 1 aromatic heterocycles. The fourth-order valence-electron chi connectivity index (χ4n) is 4.31. The van der Waals surface area contributed by atoms with E-state index in [1.807, 2.05) is 43.3 Å². The van der Waals surface area contributed by atoms with E-state index in [1.165, 1.54) is 12.1 Å². The number of carbonyl (C=O) groups excluding carboxylic acids is 1. The Labute approximate surface area is 201 Å². The zero-order valence-electron chi connectivity index (χ0n) is 19.6. The Bertz CT molecular complexity index is 1160. The maximum Gasteiger partial charge on any atom is 0.573 e. The van der Waals surface area contributed by atoms with Gasteiger partial charge in [-0.05, 0) is 68.0 Å². The van der Waals surface area contributed by atoms with Crippen LogP contribution in [0.5, 0.6) is 5.75 Å². The molecule has 1 amide bonds. The summed E-state index contributed by atoms with van der Waals surface area (Å²) in [5.74, 6) is 1.15. The van der Waals surface area contributed by atoms with Gasteiger partial charge in [0.05, 0.1) is 5.52 Å². The van der Waals surface area contributed by atoms with Crippen LogP contribution in [-0.2, 0) is 0 Å². The maximum atomic E-state index is 12.4. The molecule has 0 atom stereocenters. The second kappa shape index (κ2) is 10.4. The van der Waals surface area contributed by atoms with E-state index in [2.05, 4.69) is 20.4 Å². The van der Waals surface area contributed by atoms with E-state index < -0.39 is 6.36 Å². The Kier molecular flexibility index (Phi) is 7.28. The second-order valence-electron chi connectivity index (χ2n) is 8.93. The maximum absolute atomic E-state index is 12.4. The molecule has 35 heavy (non-hydrogen) atoms. The van der Waals surface area contributed by atoms with E-state index in [9.17, 15) is 18.0 Å². The summed E-state index contributed by atoms with van der Waals surface area (Å²) in [4.78, 5) is 23.7. The van der Waals surface area contributed by atoms with Crippen molar-refractivity contribution in [1.82, 2.24) is 15.3 Å². The number of nitrogens with zero attached hydrogens (tertiary/aromatic N) is 3. The molecule has 4 rings (SSSR count). The standard InChI is InChI=1S/C25H28F3N5O2/c1-33(2)22-20-5-3-4-6-21(20)31-24(32-22)30-18-11-7-16(8-12-18)15-29-23(34)17-9-13-19(14-10-17)35-25(26,27)28/h3-6,9-10,13-14,16,18H,7-8,11-12,15H2,1-2H3,(H,29,34)(H,30,31,32). The number of fused-ring (bicyclic) bond motifs is 1.